The van der Waals surface area contributed by atoms with Crippen LogP contribution in [0.5, 0.6) is 0 Å². The van der Waals surface area contributed by atoms with Gasteiger partial charge >= 0.3 is 0 Å². The first-order valence-electron chi connectivity index (χ1n) is 8.51. The highest BCUT2D eigenvalue weighted by atomic mass is 14.7. The molecule has 0 aliphatic carbocycles. The van der Waals surface area contributed by atoms with Crippen LogP contribution in [0.3, 0.4) is 0 Å². The predicted molar refractivity (Wildman–Crippen MR) is 107 cm³/mol. The van der Waals surface area contributed by atoms with Crippen LogP contribution in [0, 0.1) is 0 Å². The van der Waals surface area contributed by atoms with E-state index in [1.54, 1.807) is 12.4 Å². The van der Waals surface area contributed by atoms with Crippen molar-refractivity contribution in [3.63, 3.8) is 0 Å². The van der Waals surface area contributed by atoms with Gasteiger partial charge in [-0.25, -0.2) is 0 Å². The van der Waals surface area contributed by atoms with E-state index in [-0.39, 0.29) is 0 Å². The van der Waals surface area contributed by atoms with E-state index < -0.39 is 0 Å². The minimum atomic E-state index is 1.15. The van der Waals surface area contributed by atoms with Gasteiger partial charge in [0.25, 0.3) is 0 Å². The van der Waals surface area contributed by atoms with E-state index in [0.29, 0.717) is 0 Å². The Balaban J connectivity index is 0.000000115. The Morgan fingerprint density at radius 3 is 1.38 bits per heavy atom. The smallest absolute Gasteiger partial charge is 0.0495 e. The van der Waals surface area contributed by atoms with Crippen LogP contribution in [0.15, 0.2) is 85.5 Å². The molecule has 4 heterocycles. The predicted octanol–water partition coefficient (Wildman–Crippen LogP) is 5.43. The monoisotopic (exact) mass is 336 g/mol. The summed E-state index contributed by atoms with van der Waals surface area (Å²) in [5.74, 6) is 0. The first-order chi connectivity index (χ1) is 12.9. The van der Waals surface area contributed by atoms with Gasteiger partial charge in [-0.1, -0.05) is 36.4 Å². The molecule has 0 radical (unpaired) electrons. The van der Waals surface area contributed by atoms with Gasteiger partial charge in [-0.3, -0.25) is 9.97 Å². The van der Waals surface area contributed by atoms with E-state index in [0.717, 1.165) is 11.0 Å². The Kier molecular flexibility index (Phi) is 3.39. The van der Waals surface area contributed by atoms with E-state index in [4.69, 9.17) is 0 Å². The fraction of sp³-hybridized carbons (Fsp3) is 0. The third-order valence-corrected chi connectivity index (χ3v) is 4.62. The van der Waals surface area contributed by atoms with E-state index in [1.807, 2.05) is 48.8 Å². The first-order valence-corrected chi connectivity index (χ1v) is 8.51. The normalized spacial score (nSPS) is 11.1. The fourth-order valence-electron chi connectivity index (χ4n) is 3.38. The molecule has 6 rings (SSSR count). The van der Waals surface area contributed by atoms with E-state index in [2.05, 4.69) is 44.2 Å². The summed E-state index contributed by atoms with van der Waals surface area (Å²) in [5.41, 5.74) is 4.64. The molecule has 0 aliphatic heterocycles. The number of benzene rings is 2. The van der Waals surface area contributed by atoms with Gasteiger partial charge in [-0.2, -0.15) is 0 Å². The van der Waals surface area contributed by atoms with Crippen molar-refractivity contribution in [3.05, 3.63) is 85.5 Å². The molecule has 0 saturated carbocycles. The summed E-state index contributed by atoms with van der Waals surface area (Å²) in [7, 11) is 0. The zero-order valence-electron chi connectivity index (χ0n) is 14.0. The molecule has 0 amide bonds. The van der Waals surface area contributed by atoms with Crippen LogP contribution >= 0.6 is 0 Å². The van der Waals surface area contributed by atoms with Crippen LogP contribution in [-0.4, -0.2) is 19.9 Å². The Hall–Kier alpha value is -3.66. The third-order valence-electron chi connectivity index (χ3n) is 4.62. The summed E-state index contributed by atoms with van der Waals surface area (Å²) in [6, 6.07) is 20.5. The molecular formula is C22H16N4. The second-order valence-corrected chi connectivity index (χ2v) is 6.18. The molecule has 2 N–H and O–H groups in total. The molecule has 124 valence electrons. The summed E-state index contributed by atoms with van der Waals surface area (Å²) in [5, 5.41) is 4.87. The summed E-state index contributed by atoms with van der Waals surface area (Å²) in [6.07, 6.45) is 7.40. The number of hydrogen-bond donors (Lipinski definition) is 2. The summed E-state index contributed by atoms with van der Waals surface area (Å²) < 4.78 is 0. The van der Waals surface area contributed by atoms with Crippen molar-refractivity contribution in [1.82, 2.24) is 19.9 Å². The Bertz CT molecular complexity index is 1140. The lowest BCUT2D eigenvalue weighted by Gasteiger charge is -1.87. The SMILES string of the molecule is c1ccc2c(c1)[nH]c1ccncc12.c1ccc2c(c1)[nH]c1ccncc12. The molecule has 0 saturated heterocycles. The Morgan fingerprint density at radius 1 is 0.462 bits per heavy atom. The fourth-order valence-corrected chi connectivity index (χ4v) is 3.38. The lowest BCUT2D eigenvalue weighted by atomic mass is 10.2. The molecule has 4 heteroatoms. The van der Waals surface area contributed by atoms with Crippen LogP contribution in [0.4, 0.5) is 0 Å². The van der Waals surface area contributed by atoms with Crippen molar-refractivity contribution in [2.75, 3.05) is 0 Å². The number of rotatable bonds is 0. The number of para-hydroxylation sites is 2. The Morgan fingerprint density at radius 2 is 0.885 bits per heavy atom. The van der Waals surface area contributed by atoms with Crippen LogP contribution in [0.25, 0.3) is 43.6 Å². The Labute approximate surface area is 149 Å². The molecule has 4 aromatic heterocycles. The van der Waals surface area contributed by atoms with Gasteiger partial charge in [-0.05, 0) is 24.3 Å². The van der Waals surface area contributed by atoms with Gasteiger partial charge < -0.3 is 9.97 Å². The molecule has 0 aliphatic rings. The second-order valence-electron chi connectivity index (χ2n) is 6.18. The topological polar surface area (TPSA) is 57.4 Å². The van der Waals surface area contributed by atoms with Crippen LogP contribution in [0.1, 0.15) is 0 Å². The van der Waals surface area contributed by atoms with Gasteiger partial charge in [0.15, 0.2) is 0 Å². The van der Waals surface area contributed by atoms with Gasteiger partial charge in [0.1, 0.15) is 0 Å². The van der Waals surface area contributed by atoms with Crippen molar-refractivity contribution >= 4 is 43.6 Å². The zero-order chi connectivity index (χ0) is 17.3. The molecule has 0 fully saturated rings. The highest BCUT2D eigenvalue weighted by molar-refractivity contribution is 6.07. The maximum absolute atomic E-state index is 4.12. The van der Waals surface area contributed by atoms with Gasteiger partial charge in [0.05, 0.1) is 0 Å². The highest BCUT2D eigenvalue weighted by Crippen LogP contribution is 2.24. The summed E-state index contributed by atoms with van der Waals surface area (Å²) in [4.78, 5) is 14.9. The number of aromatic amines is 2. The van der Waals surface area contributed by atoms with E-state index in [1.165, 1.54) is 32.6 Å². The van der Waals surface area contributed by atoms with Crippen molar-refractivity contribution in [2.24, 2.45) is 0 Å². The molecule has 2 aromatic carbocycles. The third kappa shape index (κ3) is 2.40. The van der Waals surface area contributed by atoms with Crippen molar-refractivity contribution < 1.29 is 0 Å². The van der Waals surface area contributed by atoms with Crippen molar-refractivity contribution in [1.29, 1.82) is 0 Å². The van der Waals surface area contributed by atoms with E-state index in [9.17, 15) is 0 Å². The lowest BCUT2D eigenvalue weighted by molar-refractivity contribution is 1.36. The minimum absolute atomic E-state index is 1.15. The number of hydrogen-bond acceptors (Lipinski definition) is 2. The van der Waals surface area contributed by atoms with Gasteiger partial charge in [0, 0.05) is 68.4 Å². The van der Waals surface area contributed by atoms with Crippen molar-refractivity contribution in [3.8, 4) is 0 Å². The number of fused-ring (bicyclic) bond motifs is 6. The van der Waals surface area contributed by atoms with Crippen LogP contribution < -0.4 is 0 Å². The first kappa shape index (κ1) is 14.7. The summed E-state index contributed by atoms with van der Waals surface area (Å²) >= 11 is 0. The average molecular weight is 336 g/mol. The lowest BCUT2D eigenvalue weighted by Crippen LogP contribution is -1.68. The van der Waals surface area contributed by atoms with Crippen molar-refractivity contribution in [2.45, 2.75) is 0 Å². The number of nitrogens with zero attached hydrogens (tertiary/aromatic N) is 2. The number of H-pyrrole nitrogens is 2. The molecule has 0 spiro atoms. The highest BCUT2D eigenvalue weighted by Gasteiger charge is 2.02. The maximum Gasteiger partial charge on any atom is 0.0495 e. The molecule has 4 nitrogen and oxygen atoms in total. The molecular weight excluding hydrogens is 320 g/mol. The van der Waals surface area contributed by atoms with Gasteiger partial charge in [0.2, 0.25) is 0 Å². The standard InChI is InChI=1S/2C11H8N2/c2*1-2-4-10-8(3-1)9-7-12-6-5-11(9)13-10/h2*1-7,13H. The summed E-state index contributed by atoms with van der Waals surface area (Å²) in [6.45, 7) is 0. The number of nitrogens with one attached hydrogen (secondary N) is 2. The molecule has 6 aromatic rings. The maximum atomic E-state index is 4.12. The van der Waals surface area contributed by atoms with Crippen LogP contribution in [-0.2, 0) is 0 Å². The van der Waals surface area contributed by atoms with Crippen LogP contribution in [0.2, 0.25) is 0 Å². The number of aromatic nitrogens is 4. The quantitative estimate of drug-likeness (QED) is 0.388. The average Bonchev–Trinajstić information content (AvgIpc) is 3.27. The zero-order valence-corrected chi connectivity index (χ0v) is 14.0. The molecule has 0 atom stereocenters. The molecule has 26 heavy (non-hydrogen) atoms. The largest absolute Gasteiger partial charge is 0.354 e. The van der Waals surface area contributed by atoms with Gasteiger partial charge in [-0.15, -0.1) is 0 Å². The number of pyridine rings is 2. The molecule has 0 unspecified atom stereocenters. The minimum Gasteiger partial charge on any atom is -0.354 e. The second kappa shape index (κ2) is 6.01. The van der Waals surface area contributed by atoms with E-state index >= 15 is 0 Å². The molecule has 0 bridgehead atoms.